The minimum absolute atomic E-state index is 0.0560. The fraction of sp³-hybridized carbons (Fsp3) is 0.500. The van der Waals surface area contributed by atoms with Crippen molar-refractivity contribution in [2.75, 3.05) is 0 Å². The van der Waals surface area contributed by atoms with E-state index >= 15 is 0 Å². The largest absolute Gasteiger partial charge is 0.324 e. The molecule has 0 aromatic carbocycles. The van der Waals surface area contributed by atoms with Gasteiger partial charge in [-0.1, -0.05) is 12.1 Å². The Kier molecular flexibility index (Phi) is 2.39. The lowest BCUT2D eigenvalue weighted by Crippen LogP contribution is -1.93. The standard InChI is InChI=1S/C6H7N3OS/c1-4(2-3-7)5-8-6(11)10-9-5/h4H,2H2,1H3,(H,8,9,11). The molecule has 5 heteroatoms. The van der Waals surface area contributed by atoms with Gasteiger partial charge in [-0.15, -0.1) is 0 Å². The van der Waals surface area contributed by atoms with Crippen LogP contribution in [0.3, 0.4) is 0 Å². The quantitative estimate of drug-likeness (QED) is 0.685. The lowest BCUT2D eigenvalue weighted by Gasteiger charge is -1.97. The number of H-pyrrole nitrogens is 1. The number of nitrogens with zero attached hydrogens (tertiary/aromatic N) is 2. The minimum Gasteiger partial charge on any atom is -0.324 e. The molecular formula is C6H7N3OS. The van der Waals surface area contributed by atoms with Gasteiger partial charge in [-0.3, -0.25) is 4.98 Å². The molecule has 1 rings (SSSR count). The van der Waals surface area contributed by atoms with Crippen molar-refractivity contribution in [1.29, 1.82) is 5.26 Å². The highest BCUT2D eigenvalue weighted by molar-refractivity contribution is 7.71. The molecule has 0 saturated heterocycles. The summed E-state index contributed by atoms with van der Waals surface area (Å²) in [5.74, 6) is 0.692. The van der Waals surface area contributed by atoms with Gasteiger partial charge in [-0.05, 0) is 12.2 Å². The second-order valence-corrected chi connectivity index (χ2v) is 2.61. The van der Waals surface area contributed by atoms with Crippen LogP contribution >= 0.6 is 12.2 Å². The number of nitriles is 1. The molecular weight excluding hydrogens is 162 g/mol. The summed E-state index contributed by atoms with van der Waals surface area (Å²) in [6.45, 7) is 1.88. The van der Waals surface area contributed by atoms with Gasteiger partial charge in [0.05, 0.1) is 6.07 Å². The summed E-state index contributed by atoms with van der Waals surface area (Å²) < 4.78 is 4.63. The Hall–Kier alpha value is -1.15. The Morgan fingerprint density at radius 1 is 1.91 bits per heavy atom. The minimum atomic E-state index is 0.0560. The van der Waals surface area contributed by atoms with E-state index in [1.54, 1.807) is 0 Å². The van der Waals surface area contributed by atoms with E-state index < -0.39 is 0 Å². The van der Waals surface area contributed by atoms with E-state index in [0.29, 0.717) is 12.2 Å². The van der Waals surface area contributed by atoms with E-state index in [0.717, 1.165) is 0 Å². The van der Waals surface area contributed by atoms with E-state index in [9.17, 15) is 0 Å². The molecule has 1 aromatic rings. The van der Waals surface area contributed by atoms with Crippen molar-refractivity contribution in [3.8, 4) is 6.07 Å². The van der Waals surface area contributed by atoms with Crippen LogP contribution in [-0.4, -0.2) is 10.1 Å². The topological polar surface area (TPSA) is 65.6 Å². The molecule has 4 nitrogen and oxygen atoms in total. The first-order valence-electron chi connectivity index (χ1n) is 3.17. The maximum absolute atomic E-state index is 8.36. The van der Waals surface area contributed by atoms with Gasteiger partial charge in [-0.2, -0.15) is 5.26 Å². The van der Waals surface area contributed by atoms with Gasteiger partial charge in [0.15, 0.2) is 5.82 Å². The molecule has 1 heterocycles. The molecule has 0 aliphatic carbocycles. The van der Waals surface area contributed by atoms with Crippen molar-refractivity contribution >= 4 is 12.2 Å². The van der Waals surface area contributed by atoms with E-state index in [2.05, 4.69) is 26.9 Å². The van der Waals surface area contributed by atoms with Gasteiger partial charge < -0.3 is 4.52 Å². The van der Waals surface area contributed by atoms with Crippen LogP contribution in [0.25, 0.3) is 0 Å². The molecule has 0 aliphatic rings. The predicted molar refractivity (Wildman–Crippen MR) is 40.3 cm³/mol. The zero-order chi connectivity index (χ0) is 8.27. The second kappa shape index (κ2) is 3.30. The molecule has 11 heavy (non-hydrogen) atoms. The molecule has 0 bridgehead atoms. The third-order valence-corrected chi connectivity index (χ3v) is 1.50. The lowest BCUT2D eigenvalue weighted by molar-refractivity contribution is 0.394. The first kappa shape index (κ1) is 7.95. The zero-order valence-corrected chi connectivity index (χ0v) is 6.81. The molecule has 0 aliphatic heterocycles. The van der Waals surface area contributed by atoms with Gasteiger partial charge in [0.25, 0.3) is 4.84 Å². The van der Waals surface area contributed by atoms with Gasteiger partial charge in [0.1, 0.15) is 0 Å². The third-order valence-electron chi connectivity index (χ3n) is 1.32. The van der Waals surface area contributed by atoms with Crippen LogP contribution in [0.2, 0.25) is 0 Å². The molecule has 0 saturated carbocycles. The molecule has 0 radical (unpaired) electrons. The number of rotatable bonds is 2. The molecule has 1 aromatic heterocycles. The Bertz CT molecular complexity index is 321. The molecule has 1 atom stereocenters. The van der Waals surface area contributed by atoms with E-state index in [-0.39, 0.29) is 10.8 Å². The Labute approximate surface area is 68.8 Å². The number of aromatic nitrogens is 2. The maximum atomic E-state index is 8.36. The SMILES string of the molecule is CC(CC#N)c1noc(=S)[nH]1. The van der Waals surface area contributed by atoms with E-state index in [1.165, 1.54) is 0 Å². The number of hydrogen-bond donors (Lipinski definition) is 1. The van der Waals surface area contributed by atoms with E-state index in [1.807, 2.05) is 13.0 Å². The molecule has 0 fully saturated rings. The van der Waals surface area contributed by atoms with Crippen LogP contribution < -0.4 is 0 Å². The van der Waals surface area contributed by atoms with Gasteiger partial charge in [0.2, 0.25) is 0 Å². The van der Waals surface area contributed by atoms with Crippen LogP contribution in [-0.2, 0) is 0 Å². The van der Waals surface area contributed by atoms with Crippen LogP contribution in [0.4, 0.5) is 0 Å². The van der Waals surface area contributed by atoms with Crippen molar-refractivity contribution in [1.82, 2.24) is 10.1 Å². The fourth-order valence-electron chi connectivity index (χ4n) is 0.688. The molecule has 0 amide bonds. The summed E-state index contributed by atoms with van der Waals surface area (Å²) in [6, 6.07) is 2.04. The van der Waals surface area contributed by atoms with Crippen LogP contribution in [0.5, 0.6) is 0 Å². The fourth-order valence-corrected chi connectivity index (χ4v) is 0.829. The highest BCUT2D eigenvalue weighted by Gasteiger charge is 2.08. The van der Waals surface area contributed by atoms with Crippen LogP contribution in [0.15, 0.2) is 4.52 Å². The Balaban J connectivity index is 2.78. The van der Waals surface area contributed by atoms with Crippen LogP contribution in [0, 0.1) is 16.2 Å². The van der Waals surface area contributed by atoms with Crippen molar-refractivity contribution in [3.05, 3.63) is 10.7 Å². The van der Waals surface area contributed by atoms with Crippen molar-refractivity contribution in [3.63, 3.8) is 0 Å². The first-order valence-corrected chi connectivity index (χ1v) is 3.57. The summed E-state index contributed by atoms with van der Waals surface area (Å²) >= 11 is 4.67. The summed E-state index contributed by atoms with van der Waals surface area (Å²) in [5.41, 5.74) is 0. The van der Waals surface area contributed by atoms with Crippen molar-refractivity contribution in [2.45, 2.75) is 19.3 Å². The summed E-state index contributed by atoms with van der Waals surface area (Å²) in [6.07, 6.45) is 0.414. The Morgan fingerprint density at radius 2 is 2.64 bits per heavy atom. The predicted octanol–water partition coefficient (Wildman–Crippen LogP) is 1.75. The molecule has 1 unspecified atom stereocenters. The van der Waals surface area contributed by atoms with Gasteiger partial charge in [0, 0.05) is 12.3 Å². The average molecular weight is 169 g/mol. The molecule has 58 valence electrons. The van der Waals surface area contributed by atoms with E-state index in [4.69, 9.17) is 5.26 Å². The molecule has 0 spiro atoms. The second-order valence-electron chi connectivity index (χ2n) is 2.24. The smallest absolute Gasteiger partial charge is 0.294 e. The van der Waals surface area contributed by atoms with Crippen LogP contribution in [0.1, 0.15) is 25.1 Å². The van der Waals surface area contributed by atoms with Crippen molar-refractivity contribution < 1.29 is 4.52 Å². The Morgan fingerprint density at radius 3 is 3.09 bits per heavy atom. The lowest BCUT2D eigenvalue weighted by atomic mass is 10.1. The highest BCUT2D eigenvalue weighted by Crippen LogP contribution is 2.12. The number of aromatic amines is 1. The normalized spacial score (nSPS) is 12.4. The molecule has 1 N–H and O–H groups in total. The zero-order valence-electron chi connectivity index (χ0n) is 6.00. The summed E-state index contributed by atoms with van der Waals surface area (Å²) in [7, 11) is 0. The third kappa shape index (κ3) is 1.88. The van der Waals surface area contributed by atoms with Gasteiger partial charge >= 0.3 is 0 Å². The maximum Gasteiger partial charge on any atom is 0.294 e. The van der Waals surface area contributed by atoms with Crippen molar-refractivity contribution in [2.24, 2.45) is 0 Å². The number of hydrogen-bond acceptors (Lipinski definition) is 4. The summed E-state index contributed by atoms with van der Waals surface area (Å²) in [4.78, 5) is 3.00. The van der Waals surface area contributed by atoms with Gasteiger partial charge in [-0.25, -0.2) is 0 Å². The average Bonchev–Trinajstić information content (AvgIpc) is 2.36. The monoisotopic (exact) mass is 169 g/mol. The summed E-state index contributed by atoms with van der Waals surface area (Å²) in [5, 5.41) is 12.0. The highest BCUT2D eigenvalue weighted by atomic mass is 32.1. The number of nitrogens with one attached hydrogen (secondary N) is 1. The first-order chi connectivity index (χ1) is 5.24.